The maximum absolute atomic E-state index is 5.79. The van der Waals surface area contributed by atoms with Crippen molar-refractivity contribution in [3.63, 3.8) is 0 Å². The predicted molar refractivity (Wildman–Crippen MR) is 70.5 cm³/mol. The summed E-state index contributed by atoms with van der Waals surface area (Å²) in [5.74, 6) is 0.627. The number of aryl methyl sites for hydroxylation is 1. The van der Waals surface area contributed by atoms with Gasteiger partial charge in [0.1, 0.15) is 17.7 Å². The lowest BCUT2D eigenvalue weighted by atomic mass is 10.1. The number of nitrogens with two attached hydrogens (primary N) is 1. The number of hydrogen-bond donors (Lipinski definition) is 1. The summed E-state index contributed by atoms with van der Waals surface area (Å²) in [7, 11) is 1.82. The van der Waals surface area contributed by atoms with E-state index in [4.69, 9.17) is 10.2 Å². The Morgan fingerprint density at radius 1 is 1.41 bits per heavy atom. The van der Waals surface area contributed by atoms with E-state index in [2.05, 4.69) is 21.0 Å². The molecule has 3 aromatic rings. The van der Waals surface area contributed by atoms with Gasteiger partial charge in [0.25, 0.3) is 0 Å². The van der Waals surface area contributed by atoms with E-state index in [0.717, 1.165) is 26.7 Å². The summed E-state index contributed by atoms with van der Waals surface area (Å²) < 4.78 is 8.13. The van der Waals surface area contributed by atoms with Crippen LogP contribution in [0.3, 0.4) is 0 Å². The lowest BCUT2D eigenvalue weighted by molar-refractivity contribution is 0.614. The summed E-state index contributed by atoms with van der Waals surface area (Å²) in [5.41, 5.74) is 8.37. The molecule has 2 heterocycles. The summed E-state index contributed by atoms with van der Waals surface area (Å²) in [4.78, 5) is 0. The highest BCUT2D eigenvalue weighted by atomic mass is 79.9. The summed E-state index contributed by atoms with van der Waals surface area (Å²) in [6, 6.07) is 7.78. The molecule has 0 atom stereocenters. The van der Waals surface area contributed by atoms with Crippen LogP contribution in [-0.2, 0) is 7.05 Å². The van der Waals surface area contributed by atoms with E-state index in [0.29, 0.717) is 5.82 Å². The number of para-hydroxylation sites is 1. The molecule has 3 rings (SSSR count). The van der Waals surface area contributed by atoms with Crippen LogP contribution in [0.5, 0.6) is 0 Å². The van der Waals surface area contributed by atoms with Gasteiger partial charge in [-0.15, -0.1) is 0 Å². The van der Waals surface area contributed by atoms with E-state index in [9.17, 15) is 0 Å². The van der Waals surface area contributed by atoms with Gasteiger partial charge in [-0.05, 0) is 28.1 Å². The van der Waals surface area contributed by atoms with Crippen molar-refractivity contribution in [3.8, 4) is 11.3 Å². The number of rotatable bonds is 1. The predicted octanol–water partition coefficient (Wildman–Crippen LogP) is 3.18. The Hall–Kier alpha value is -1.75. The number of hydrogen-bond acceptors (Lipinski definition) is 3. The van der Waals surface area contributed by atoms with E-state index in [1.165, 1.54) is 0 Å². The highest BCUT2D eigenvalue weighted by molar-refractivity contribution is 9.10. The van der Waals surface area contributed by atoms with Crippen LogP contribution in [0.2, 0.25) is 0 Å². The van der Waals surface area contributed by atoms with Gasteiger partial charge >= 0.3 is 0 Å². The van der Waals surface area contributed by atoms with Gasteiger partial charge in [0.15, 0.2) is 0 Å². The van der Waals surface area contributed by atoms with Crippen molar-refractivity contribution in [1.29, 1.82) is 0 Å². The lowest BCUT2D eigenvalue weighted by Gasteiger charge is -1.97. The van der Waals surface area contributed by atoms with Crippen LogP contribution in [0, 0.1) is 0 Å². The van der Waals surface area contributed by atoms with Crippen molar-refractivity contribution in [3.05, 3.63) is 35.0 Å². The van der Waals surface area contributed by atoms with Gasteiger partial charge in [0.2, 0.25) is 0 Å². The van der Waals surface area contributed by atoms with Crippen LogP contribution < -0.4 is 5.73 Å². The number of benzene rings is 1. The first-order valence-corrected chi connectivity index (χ1v) is 5.91. The molecule has 2 aromatic heterocycles. The first-order chi connectivity index (χ1) is 8.16. The molecule has 86 valence electrons. The molecule has 0 saturated heterocycles. The highest BCUT2D eigenvalue weighted by Crippen LogP contribution is 2.33. The third kappa shape index (κ3) is 1.54. The van der Waals surface area contributed by atoms with Crippen LogP contribution in [0.25, 0.3) is 22.2 Å². The first-order valence-electron chi connectivity index (χ1n) is 5.12. The van der Waals surface area contributed by atoms with E-state index >= 15 is 0 Å². The largest absolute Gasteiger partial charge is 0.462 e. The first kappa shape index (κ1) is 10.4. The third-order valence-electron chi connectivity index (χ3n) is 2.74. The second kappa shape index (κ2) is 3.63. The van der Waals surface area contributed by atoms with Gasteiger partial charge in [0.05, 0.1) is 10.2 Å². The summed E-state index contributed by atoms with van der Waals surface area (Å²) in [5, 5.41) is 5.39. The summed E-state index contributed by atoms with van der Waals surface area (Å²) in [6.07, 6.45) is 1.68. The molecule has 0 unspecified atom stereocenters. The third-order valence-corrected chi connectivity index (χ3v) is 3.36. The molecule has 0 amide bonds. The zero-order chi connectivity index (χ0) is 12.0. The van der Waals surface area contributed by atoms with Crippen molar-refractivity contribution < 1.29 is 4.42 Å². The molecular formula is C12H10BrN3O. The van der Waals surface area contributed by atoms with Gasteiger partial charge in [0, 0.05) is 24.1 Å². The molecule has 0 saturated carbocycles. The molecular weight excluding hydrogens is 282 g/mol. The number of furan rings is 1. The molecule has 17 heavy (non-hydrogen) atoms. The van der Waals surface area contributed by atoms with Crippen LogP contribution >= 0.6 is 15.9 Å². The smallest absolute Gasteiger partial charge is 0.144 e. The van der Waals surface area contributed by atoms with E-state index in [-0.39, 0.29) is 0 Å². The zero-order valence-corrected chi connectivity index (χ0v) is 10.7. The van der Waals surface area contributed by atoms with Gasteiger partial charge in [-0.2, -0.15) is 5.10 Å². The molecule has 2 N–H and O–H groups in total. The average molecular weight is 292 g/mol. The Labute approximate surface area is 106 Å². The SMILES string of the molecule is Cn1nc(-c2cccc3c(Br)coc23)cc1N. The van der Waals surface area contributed by atoms with Gasteiger partial charge in [-0.25, -0.2) is 0 Å². The number of anilines is 1. The standard InChI is InChI=1S/C12H10BrN3O/c1-16-11(14)5-10(15-16)8-4-2-3-7-9(13)6-17-12(7)8/h2-6H,14H2,1H3. The molecule has 0 aliphatic heterocycles. The topological polar surface area (TPSA) is 57.0 Å². The Morgan fingerprint density at radius 3 is 2.94 bits per heavy atom. The van der Waals surface area contributed by atoms with Crippen molar-refractivity contribution >= 4 is 32.7 Å². The molecule has 0 aliphatic carbocycles. The molecule has 0 bridgehead atoms. The van der Waals surface area contributed by atoms with Crippen LogP contribution in [0.1, 0.15) is 0 Å². The molecule has 4 nitrogen and oxygen atoms in total. The quantitative estimate of drug-likeness (QED) is 0.749. The van der Waals surface area contributed by atoms with Crippen LogP contribution in [0.15, 0.2) is 39.4 Å². The Kier molecular flexibility index (Phi) is 2.22. The van der Waals surface area contributed by atoms with Gasteiger partial charge in [-0.3, -0.25) is 4.68 Å². The lowest BCUT2D eigenvalue weighted by Crippen LogP contribution is -1.96. The molecule has 1 aromatic carbocycles. The Balaban J connectivity index is 2.30. The highest BCUT2D eigenvalue weighted by Gasteiger charge is 2.12. The van der Waals surface area contributed by atoms with E-state index in [1.807, 2.05) is 31.3 Å². The fourth-order valence-corrected chi connectivity index (χ4v) is 2.25. The maximum atomic E-state index is 5.79. The minimum Gasteiger partial charge on any atom is -0.462 e. The van der Waals surface area contributed by atoms with E-state index < -0.39 is 0 Å². The second-order valence-electron chi connectivity index (χ2n) is 3.84. The van der Waals surface area contributed by atoms with Crippen molar-refractivity contribution in [1.82, 2.24) is 9.78 Å². The number of halogens is 1. The second-order valence-corrected chi connectivity index (χ2v) is 4.70. The van der Waals surface area contributed by atoms with E-state index in [1.54, 1.807) is 10.9 Å². The number of aromatic nitrogens is 2. The molecule has 0 radical (unpaired) electrons. The minimum atomic E-state index is 0.627. The Bertz CT molecular complexity index is 679. The molecule has 0 aliphatic rings. The molecule has 0 fully saturated rings. The monoisotopic (exact) mass is 291 g/mol. The van der Waals surface area contributed by atoms with Crippen molar-refractivity contribution in [2.24, 2.45) is 7.05 Å². The fraction of sp³-hybridized carbons (Fsp3) is 0.0833. The number of nitrogens with zero attached hydrogens (tertiary/aromatic N) is 2. The van der Waals surface area contributed by atoms with Gasteiger partial charge < -0.3 is 10.2 Å². The summed E-state index contributed by atoms with van der Waals surface area (Å²) in [6.45, 7) is 0. The Morgan fingerprint density at radius 2 is 2.24 bits per heavy atom. The van der Waals surface area contributed by atoms with Gasteiger partial charge in [-0.1, -0.05) is 6.07 Å². The average Bonchev–Trinajstić information content (AvgIpc) is 2.84. The van der Waals surface area contributed by atoms with Crippen molar-refractivity contribution in [2.75, 3.05) is 5.73 Å². The molecule has 0 spiro atoms. The number of nitrogen functional groups attached to an aromatic ring is 1. The minimum absolute atomic E-state index is 0.627. The van der Waals surface area contributed by atoms with Crippen LogP contribution in [0.4, 0.5) is 5.82 Å². The summed E-state index contributed by atoms with van der Waals surface area (Å²) >= 11 is 3.45. The number of fused-ring (bicyclic) bond motifs is 1. The van der Waals surface area contributed by atoms with Crippen LogP contribution in [-0.4, -0.2) is 9.78 Å². The molecule has 5 heteroatoms. The zero-order valence-electron chi connectivity index (χ0n) is 9.14. The maximum Gasteiger partial charge on any atom is 0.144 e. The van der Waals surface area contributed by atoms with Crippen molar-refractivity contribution in [2.45, 2.75) is 0 Å². The normalized spacial score (nSPS) is 11.2. The fourth-order valence-electron chi connectivity index (χ4n) is 1.84.